The first kappa shape index (κ1) is 21.7. The van der Waals surface area contributed by atoms with Crippen LogP contribution in [0.2, 0.25) is 0 Å². The number of alkyl halides is 3. The normalized spacial score (nSPS) is 17.4. The molecule has 1 aromatic carbocycles. The van der Waals surface area contributed by atoms with Crippen LogP contribution in [0.15, 0.2) is 48.9 Å². The monoisotopic (exact) mass is 479 g/mol. The number of fused-ring (bicyclic) bond motifs is 3. The number of carbonyl (C=O) groups excluding carboxylic acids is 1. The number of aromatic nitrogens is 5. The van der Waals surface area contributed by atoms with Gasteiger partial charge in [-0.3, -0.25) is 14.7 Å². The van der Waals surface area contributed by atoms with Crippen LogP contribution in [0.25, 0.3) is 22.6 Å². The molecule has 5 heterocycles. The third-order valence-electron chi connectivity index (χ3n) is 6.89. The van der Waals surface area contributed by atoms with Gasteiger partial charge in [0.15, 0.2) is 17.0 Å². The summed E-state index contributed by atoms with van der Waals surface area (Å²) in [6.45, 7) is 1.48. The van der Waals surface area contributed by atoms with Crippen molar-refractivity contribution in [3.8, 4) is 11.4 Å². The number of carbonyl (C=O) groups is 1. The number of aryl methyl sites for hydroxylation is 1. The highest BCUT2D eigenvalue weighted by molar-refractivity contribution is 6.15. The maximum absolute atomic E-state index is 14.0. The van der Waals surface area contributed by atoms with Gasteiger partial charge in [0, 0.05) is 18.8 Å². The Morgan fingerprint density at radius 3 is 2.51 bits per heavy atom. The zero-order chi connectivity index (χ0) is 24.4. The lowest BCUT2D eigenvalue weighted by molar-refractivity contribution is -0.141. The van der Waals surface area contributed by atoms with Crippen LogP contribution in [-0.2, 0) is 23.4 Å². The van der Waals surface area contributed by atoms with Crippen LogP contribution >= 0.6 is 0 Å². The molecule has 0 saturated carbocycles. The maximum atomic E-state index is 14.0. The molecule has 0 atom stereocenters. The number of piperidine rings is 1. The molecule has 1 N–H and O–H groups in total. The largest absolute Gasteiger partial charge is 0.433 e. The molecule has 2 aliphatic heterocycles. The molecule has 2 aliphatic rings. The molecule has 4 aromatic rings. The van der Waals surface area contributed by atoms with E-state index in [-0.39, 0.29) is 5.91 Å². The first-order valence-electron chi connectivity index (χ1n) is 11.2. The van der Waals surface area contributed by atoms with Gasteiger partial charge in [0.2, 0.25) is 5.91 Å². The molecule has 1 amide bonds. The van der Waals surface area contributed by atoms with Gasteiger partial charge >= 0.3 is 6.18 Å². The number of nitrogens with zero attached hydrogens (tertiary/aromatic N) is 6. The van der Waals surface area contributed by atoms with Crippen molar-refractivity contribution in [1.82, 2.24) is 29.8 Å². The zero-order valence-electron chi connectivity index (χ0n) is 18.7. The molecule has 6 rings (SSSR count). The summed E-state index contributed by atoms with van der Waals surface area (Å²) in [6.07, 6.45) is -0.664. The third kappa shape index (κ3) is 3.14. The quantitative estimate of drug-likeness (QED) is 0.471. The Hall–Kier alpha value is -3.86. The van der Waals surface area contributed by atoms with E-state index in [1.807, 2.05) is 24.3 Å². The van der Waals surface area contributed by atoms with E-state index in [9.17, 15) is 18.0 Å². The van der Waals surface area contributed by atoms with E-state index < -0.39 is 17.3 Å². The number of para-hydroxylation sites is 1. The Morgan fingerprint density at radius 2 is 1.80 bits per heavy atom. The minimum absolute atomic E-state index is 0.0522. The summed E-state index contributed by atoms with van der Waals surface area (Å²) in [5, 5.41) is 3.33. The van der Waals surface area contributed by atoms with Crippen molar-refractivity contribution in [2.75, 3.05) is 18.0 Å². The first-order valence-corrected chi connectivity index (χ1v) is 11.2. The van der Waals surface area contributed by atoms with Crippen molar-refractivity contribution in [3.05, 3.63) is 60.2 Å². The van der Waals surface area contributed by atoms with Crippen LogP contribution in [0.5, 0.6) is 0 Å². The molecule has 3 aromatic heterocycles. The van der Waals surface area contributed by atoms with Crippen molar-refractivity contribution in [2.45, 2.75) is 24.4 Å². The molecule has 178 valence electrons. The molecule has 0 radical (unpaired) electrons. The maximum Gasteiger partial charge on any atom is 0.433 e. The topological polar surface area (TPSA) is 88.8 Å². The summed E-state index contributed by atoms with van der Waals surface area (Å²) in [5.74, 6) is 0.674. The Balaban J connectivity index is 1.50. The van der Waals surface area contributed by atoms with Gasteiger partial charge in [-0.05, 0) is 49.7 Å². The van der Waals surface area contributed by atoms with Crippen LogP contribution in [0.1, 0.15) is 24.1 Å². The second-order valence-corrected chi connectivity index (χ2v) is 8.78. The Bertz CT molecular complexity index is 1460. The summed E-state index contributed by atoms with van der Waals surface area (Å²) >= 11 is 0. The van der Waals surface area contributed by atoms with Gasteiger partial charge in [0.05, 0.1) is 11.1 Å². The molecule has 1 spiro atoms. The molecule has 1 saturated heterocycles. The highest BCUT2D eigenvalue weighted by Gasteiger charge is 2.52. The van der Waals surface area contributed by atoms with Crippen LogP contribution in [0.4, 0.5) is 24.7 Å². The van der Waals surface area contributed by atoms with E-state index >= 15 is 0 Å². The molecule has 1 fully saturated rings. The SMILES string of the molecule is Cn1c(-c2ccc(C(F)(F)F)nc2)nc2c(N3C(=O)C4(CCNCC4)c4ccccc43)ncnc21. The van der Waals surface area contributed by atoms with Crippen LogP contribution in [0.3, 0.4) is 0 Å². The second kappa shape index (κ2) is 7.57. The average Bonchev–Trinajstić information content (AvgIpc) is 3.32. The van der Waals surface area contributed by atoms with Crippen LogP contribution in [-0.4, -0.2) is 43.5 Å². The number of halogens is 3. The van der Waals surface area contributed by atoms with E-state index in [0.29, 0.717) is 41.2 Å². The molecule has 35 heavy (non-hydrogen) atoms. The zero-order valence-corrected chi connectivity index (χ0v) is 18.7. The first-order chi connectivity index (χ1) is 16.8. The smallest absolute Gasteiger partial charge is 0.317 e. The number of hydrogen-bond acceptors (Lipinski definition) is 6. The van der Waals surface area contributed by atoms with E-state index in [4.69, 9.17) is 0 Å². The molecular formula is C24H20F3N7O. The van der Waals surface area contributed by atoms with Gasteiger partial charge in [-0.2, -0.15) is 13.2 Å². The molecular weight excluding hydrogens is 459 g/mol. The van der Waals surface area contributed by atoms with Crippen molar-refractivity contribution >= 4 is 28.6 Å². The Kier molecular flexibility index (Phi) is 4.69. The lowest BCUT2D eigenvalue weighted by atomic mass is 9.74. The number of anilines is 2. The lowest BCUT2D eigenvalue weighted by Crippen LogP contribution is -2.46. The number of rotatable bonds is 2. The van der Waals surface area contributed by atoms with Gasteiger partial charge in [-0.25, -0.2) is 15.0 Å². The molecule has 0 bridgehead atoms. The summed E-state index contributed by atoms with van der Waals surface area (Å²) < 4.78 is 40.5. The number of hydrogen-bond donors (Lipinski definition) is 1. The molecule has 0 aliphatic carbocycles. The molecule has 8 nitrogen and oxygen atoms in total. The highest BCUT2D eigenvalue weighted by Crippen LogP contribution is 2.50. The van der Waals surface area contributed by atoms with Gasteiger partial charge in [-0.1, -0.05) is 18.2 Å². The summed E-state index contributed by atoms with van der Waals surface area (Å²) in [7, 11) is 1.72. The van der Waals surface area contributed by atoms with Gasteiger partial charge in [-0.15, -0.1) is 0 Å². The van der Waals surface area contributed by atoms with E-state index in [0.717, 1.165) is 36.6 Å². The summed E-state index contributed by atoms with van der Waals surface area (Å²) in [4.78, 5) is 32.6. The number of nitrogens with one attached hydrogen (secondary N) is 1. The van der Waals surface area contributed by atoms with Crippen molar-refractivity contribution in [3.63, 3.8) is 0 Å². The summed E-state index contributed by atoms with van der Waals surface area (Å²) in [5.41, 5.74) is 1.37. The predicted molar refractivity (Wildman–Crippen MR) is 122 cm³/mol. The van der Waals surface area contributed by atoms with Gasteiger partial charge in [0.1, 0.15) is 17.8 Å². The molecule has 0 unspecified atom stereocenters. The minimum Gasteiger partial charge on any atom is -0.317 e. The van der Waals surface area contributed by atoms with Crippen LogP contribution < -0.4 is 10.2 Å². The highest BCUT2D eigenvalue weighted by atomic mass is 19.4. The standard InChI is InChI=1S/C24H20F3N7O/c1-33-19(14-6-7-17(29-12-14)24(25,26)27)32-18-20(33)30-13-31-21(18)34-16-5-3-2-4-15(16)23(22(34)35)8-10-28-11-9-23/h2-7,12-13,28H,8-11H2,1H3. The average molecular weight is 479 g/mol. The number of amides is 1. The number of imidazole rings is 1. The van der Waals surface area contributed by atoms with Gasteiger partial charge in [0.25, 0.3) is 0 Å². The second-order valence-electron chi connectivity index (χ2n) is 8.78. The third-order valence-corrected chi connectivity index (χ3v) is 6.89. The number of benzene rings is 1. The van der Waals surface area contributed by atoms with E-state index in [1.165, 1.54) is 12.4 Å². The van der Waals surface area contributed by atoms with E-state index in [1.54, 1.807) is 16.5 Å². The van der Waals surface area contributed by atoms with Crippen molar-refractivity contribution < 1.29 is 18.0 Å². The fraction of sp³-hybridized carbons (Fsp3) is 0.292. The lowest BCUT2D eigenvalue weighted by Gasteiger charge is -2.32. The van der Waals surface area contributed by atoms with Crippen LogP contribution in [0, 0.1) is 0 Å². The fourth-order valence-corrected chi connectivity index (χ4v) is 5.16. The van der Waals surface area contributed by atoms with Crippen molar-refractivity contribution in [2.24, 2.45) is 7.05 Å². The van der Waals surface area contributed by atoms with E-state index in [2.05, 4.69) is 25.3 Å². The van der Waals surface area contributed by atoms with Crippen molar-refractivity contribution in [1.29, 1.82) is 0 Å². The summed E-state index contributed by atoms with van der Waals surface area (Å²) in [6, 6.07) is 9.96. The van der Waals surface area contributed by atoms with Gasteiger partial charge < -0.3 is 9.88 Å². The number of pyridine rings is 1. The molecule has 11 heteroatoms. The Morgan fingerprint density at radius 1 is 1.03 bits per heavy atom. The predicted octanol–water partition coefficient (Wildman–Crippen LogP) is 3.74. The fourth-order valence-electron chi connectivity index (χ4n) is 5.16. The minimum atomic E-state index is -4.53. The Labute approximate surface area is 197 Å².